The number of oxime groups is 1. The number of carbonyl (C=O) groups is 3. The second-order valence-electron chi connectivity index (χ2n) is 10.7. The number of hydroxylamine groups is 2. The molecule has 1 saturated heterocycles. The van der Waals surface area contributed by atoms with E-state index in [1.165, 1.54) is 31.4 Å². The van der Waals surface area contributed by atoms with Crippen LogP contribution < -0.4 is 31.4 Å². The summed E-state index contributed by atoms with van der Waals surface area (Å²) in [4.78, 5) is 46.7. The van der Waals surface area contributed by atoms with E-state index in [4.69, 9.17) is 25.6 Å². The van der Waals surface area contributed by atoms with Gasteiger partial charge in [0.15, 0.2) is 10.8 Å². The predicted octanol–water partition coefficient (Wildman–Crippen LogP) is -0.181. The summed E-state index contributed by atoms with van der Waals surface area (Å²) < 4.78 is 57.7. The first-order valence-electron chi connectivity index (χ1n) is 13.9. The predicted molar refractivity (Wildman–Crippen MR) is 167 cm³/mol. The van der Waals surface area contributed by atoms with Gasteiger partial charge in [0.2, 0.25) is 0 Å². The average Bonchev–Trinajstić information content (AvgIpc) is 3.44. The summed E-state index contributed by atoms with van der Waals surface area (Å²) >= 11 is 0.924. The molecule has 0 aliphatic carbocycles. The first-order valence-corrected chi connectivity index (χ1v) is 16.1. The lowest BCUT2D eigenvalue weighted by Crippen LogP contribution is -2.76. The summed E-state index contributed by atoms with van der Waals surface area (Å²) in [7, 11) is -3.25. The number of hydrogen-bond donors (Lipinski definition) is 6. The maximum Gasteiger partial charge on any atom is 0.418 e. The molecule has 2 atom stereocenters. The zero-order valence-corrected chi connectivity index (χ0v) is 27.2. The summed E-state index contributed by atoms with van der Waals surface area (Å²) in [5.41, 5.74) is 9.85. The van der Waals surface area contributed by atoms with Crippen molar-refractivity contribution in [2.75, 3.05) is 30.7 Å². The highest BCUT2D eigenvalue weighted by molar-refractivity contribution is 7.80. The van der Waals surface area contributed by atoms with Gasteiger partial charge in [0.1, 0.15) is 29.9 Å². The molecule has 2 aromatic heterocycles. The molecule has 258 valence electrons. The maximum absolute atomic E-state index is 15.1. The molecule has 0 bridgehead atoms. The molecule has 0 spiro atoms. The van der Waals surface area contributed by atoms with Gasteiger partial charge >= 0.3 is 16.4 Å². The number of ether oxygens (including phenoxy) is 1. The maximum atomic E-state index is 15.1. The number of β-lactam (4-membered cyclic amide) rings is 1. The Morgan fingerprint density at radius 3 is 2.58 bits per heavy atom. The zero-order valence-electron chi connectivity index (χ0n) is 25.6. The summed E-state index contributed by atoms with van der Waals surface area (Å²) in [6.45, 7) is 3.01. The minimum absolute atomic E-state index is 0.0201. The number of halogens is 1. The molecule has 4 rings (SSSR count). The molecular formula is C27H32FN8O10S2+. The fourth-order valence-corrected chi connectivity index (χ4v) is 5.43. The molecule has 1 aliphatic rings. The van der Waals surface area contributed by atoms with E-state index in [1.54, 1.807) is 29.9 Å². The van der Waals surface area contributed by atoms with E-state index in [1.807, 2.05) is 0 Å². The van der Waals surface area contributed by atoms with Gasteiger partial charge in [-0.15, -0.1) is 15.6 Å². The van der Waals surface area contributed by atoms with Crippen LogP contribution in [-0.4, -0.2) is 89.0 Å². The van der Waals surface area contributed by atoms with E-state index in [2.05, 4.69) is 25.1 Å². The third kappa shape index (κ3) is 8.30. The highest BCUT2D eigenvalue weighted by Crippen LogP contribution is 2.33. The van der Waals surface area contributed by atoms with Gasteiger partial charge in [-0.2, -0.15) is 13.5 Å². The Bertz CT molecular complexity index is 1850. The van der Waals surface area contributed by atoms with Gasteiger partial charge in [-0.1, -0.05) is 5.16 Å². The number of aryl methyl sites for hydroxylation is 1. The minimum Gasteiger partial charge on any atom is -0.489 e. The Hall–Kier alpha value is -4.96. The number of aromatic nitrogens is 2. The van der Waals surface area contributed by atoms with Crippen molar-refractivity contribution < 1.29 is 55.3 Å². The highest BCUT2D eigenvalue weighted by Gasteiger charge is 2.58. The van der Waals surface area contributed by atoms with Crippen molar-refractivity contribution in [1.29, 1.82) is 0 Å². The monoisotopic (exact) mass is 711 g/mol. The number of hydrogen-bond acceptors (Lipinski definition) is 14. The van der Waals surface area contributed by atoms with Gasteiger partial charge in [-0.25, -0.2) is 18.7 Å². The number of rotatable bonds is 15. The number of aliphatic carboxylic acids is 1. The lowest BCUT2D eigenvalue weighted by molar-refractivity contribution is -0.656. The van der Waals surface area contributed by atoms with Gasteiger partial charge < -0.3 is 31.5 Å². The molecule has 3 heterocycles. The van der Waals surface area contributed by atoms with Crippen molar-refractivity contribution in [1.82, 2.24) is 15.4 Å². The van der Waals surface area contributed by atoms with Crippen LogP contribution in [0.4, 0.5) is 15.3 Å². The second kappa shape index (κ2) is 14.4. The topological polar surface area (TPSA) is 262 Å². The summed E-state index contributed by atoms with van der Waals surface area (Å²) in [6.07, 6.45) is -0.0847. The number of carbonyl (C=O) groups excluding carboxylic acids is 2. The molecule has 0 radical (unpaired) electrons. The third-order valence-corrected chi connectivity index (χ3v) is 7.90. The highest BCUT2D eigenvalue weighted by atomic mass is 32.3. The van der Waals surface area contributed by atoms with Crippen LogP contribution >= 0.6 is 11.3 Å². The molecular weight excluding hydrogens is 679 g/mol. The Morgan fingerprint density at radius 1 is 1.29 bits per heavy atom. The van der Waals surface area contributed by atoms with Gasteiger partial charge in [0, 0.05) is 35.2 Å². The molecule has 1 unspecified atom stereocenters. The van der Waals surface area contributed by atoms with Crippen molar-refractivity contribution in [2.45, 2.75) is 31.5 Å². The molecule has 1 aromatic carbocycles. The van der Waals surface area contributed by atoms with Crippen LogP contribution in [0.3, 0.4) is 0 Å². The molecule has 21 heteroatoms. The summed E-state index contributed by atoms with van der Waals surface area (Å²) in [5.74, 6) is -3.52. The van der Waals surface area contributed by atoms with E-state index < -0.39 is 64.0 Å². The molecule has 18 nitrogen and oxygen atoms in total. The second-order valence-corrected chi connectivity index (χ2v) is 12.6. The smallest absolute Gasteiger partial charge is 0.418 e. The van der Waals surface area contributed by atoms with Crippen LogP contribution in [0.2, 0.25) is 0 Å². The van der Waals surface area contributed by atoms with Gasteiger partial charge in [0.25, 0.3) is 23.7 Å². The number of pyridine rings is 1. The molecule has 2 amide bonds. The van der Waals surface area contributed by atoms with Crippen molar-refractivity contribution in [3.63, 3.8) is 0 Å². The van der Waals surface area contributed by atoms with E-state index in [0.717, 1.165) is 23.2 Å². The van der Waals surface area contributed by atoms with Crippen LogP contribution in [0.25, 0.3) is 11.1 Å². The number of anilines is 2. The largest absolute Gasteiger partial charge is 0.489 e. The van der Waals surface area contributed by atoms with Crippen molar-refractivity contribution in [3.8, 4) is 16.9 Å². The first kappa shape index (κ1) is 35.9. The van der Waals surface area contributed by atoms with Crippen LogP contribution in [0.5, 0.6) is 5.75 Å². The molecule has 1 aliphatic heterocycles. The lowest BCUT2D eigenvalue weighted by atomic mass is 9.84. The summed E-state index contributed by atoms with van der Waals surface area (Å²) in [5, 5.41) is 20.5. The lowest BCUT2D eigenvalue weighted by Gasteiger charge is -2.50. The van der Waals surface area contributed by atoms with Crippen molar-refractivity contribution >= 4 is 56.2 Å². The standard InChI is InChI=1S/C27H31FN8O10S2/c1-27(2)22(24(38)36(27)46-48(41,42)43)33-23(37)21(18-13-47-26(30)32-18)34-45-19(25(39)40)12-44-15-5-6-16(17(28)10-15)14-4-7-20(31-9-8-29)35(3)11-14/h4-7,10-11,13,19,22H,8-9,12,29H2,1-3H3,(H5,30,32,33,37,39,40,41,42,43)/p+1/b34-21-/t19-,22?/m0/s1. The van der Waals surface area contributed by atoms with Crippen LogP contribution in [-0.2, 0) is 41.0 Å². The fourth-order valence-electron chi connectivity index (χ4n) is 4.43. The third-order valence-electron chi connectivity index (χ3n) is 6.88. The average molecular weight is 712 g/mol. The van der Waals surface area contributed by atoms with Crippen molar-refractivity contribution in [3.05, 3.63) is 53.4 Å². The number of benzene rings is 1. The number of amides is 2. The molecule has 48 heavy (non-hydrogen) atoms. The number of carboxylic acid groups (broad SMARTS) is 1. The van der Waals surface area contributed by atoms with Crippen LogP contribution in [0.15, 0.2) is 47.1 Å². The van der Waals surface area contributed by atoms with Crippen molar-refractivity contribution in [2.24, 2.45) is 17.9 Å². The van der Waals surface area contributed by atoms with Crippen LogP contribution in [0, 0.1) is 5.82 Å². The number of nitrogens with zero attached hydrogens (tertiary/aromatic N) is 4. The Balaban J connectivity index is 1.47. The zero-order chi connectivity index (χ0) is 35.4. The number of nitrogens with one attached hydrogen (secondary N) is 2. The van der Waals surface area contributed by atoms with Gasteiger partial charge in [0.05, 0.1) is 25.3 Å². The molecule has 3 aromatic rings. The van der Waals surface area contributed by atoms with Gasteiger partial charge in [-0.3, -0.25) is 19.5 Å². The Kier molecular flexibility index (Phi) is 10.8. The van der Waals surface area contributed by atoms with E-state index in [0.29, 0.717) is 23.7 Å². The molecule has 0 saturated carbocycles. The van der Waals surface area contributed by atoms with E-state index in [-0.39, 0.29) is 22.1 Å². The molecule has 8 N–H and O–H groups in total. The number of carboxylic acids is 1. The van der Waals surface area contributed by atoms with E-state index in [9.17, 15) is 27.9 Å². The van der Waals surface area contributed by atoms with Gasteiger partial charge in [-0.05, 0) is 32.0 Å². The minimum atomic E-state index is -5.04. The van der Waals surface area contributed by atoms with E-state index >= 15 is 4.39 Å². The normalized spacial score (nSPS) is 16.5. The number of thiazole rings is 1. The SMILES string of the molecule is C[n+]1cc(-c2ccc(OC[C@H](O/N=C(\C(=O)NC3C(=O)N(OS(=O)(=O)O)C3(C)C)c3csc(N)n3)C(=O)O)cc2F)ccc1NCCN. The number of nitrogens with two attached hydrogens (primary N) is 2. The van der Waals surface area contributed by atoms with Crippen LogP contribution in [0.1, 0.15) is 19.5 Å². The summed E-state index contributed by atoms with van der Waals surface area (Å²) in [6, 6.07) is 6.10. The number of nitrogen functional groups attached to an aromatic ring is 1. The molecule has 1 fully saturated rings. The quantitative estimate of drug-likeness (QED) is 0.0393. The Morgan fingerprint density at radius 2 is 2.02 bits per heavy atom. The Labute approximate surface area is 277 Å². The fraction of sp³-hybridized carbons (Fsp3) is 0.333. The first-order chi connectivity index (χ1) is 22.5.